The van der Waals surface area contributed by atoms with Crippen LogP contribution < -0.4 is 0 Å². The van der Waals surface area contributed by atoms with Gasteiger partial charge in [-0.05, 0) is 50.4 Å². The molecule has 1 unspecified atom stereocenters. The van der Waals surface area contributed by atoms with E-state index in [4.69, 9.17) is 4.74 Å². The number of methoxy groups -OCH3 is 1. The number of ether oxygens (including phenoxy) is 1. The quantitative estimate of drug-likeness (QED) is 0.736. The first-order valence-electron chi connectivity index (χ1n) is 7.29. The van der Waals surface area contributed by atoms with Gasteiger partial charge in [-0.2, -0.15) is 0 Å². The van der Waals surface area contributed by atoms with Crippen LogP contribution in [-0.2, 0) is 4.74 Å². The second-order valence-corrected chi connectivity index (χ2v) is 5.99. The zero-order valence-corrected chi connectivity index (χ0v) is 11.9. The van der Waals surface area contributed by atoms with Crippen molar-refractivity contribution in [3.63, 3.8) is 0 Å². The highest BCUT2D eigenvalue weighted by atomic mass is 16.5. The molecule has 102 valence electrons. The van der Waals surface area contributed by atoms with Crippen molar-refractivity contribution in [2.75, 3.05) is 13.7 Å². The molecule has 2 heteroatoms. The minimum absolute atomic E-state index is 0.151. The maximum atomic E-state index is 9.69. The third-order valence-corrected chi connectivity index (χ3v) is 4.59. The number of hydrogen-bond donors (Lipinski definition) is 1. The van der Waals surface area contributed by atoms with Gasteiger partial charge in [-0.3, -0.25) is 0 Å². The summed E-state index contributed by atoms with van der Waals surface area (Å²) in [5.41, 5.74) is 0.151. The molecule has 2 nitrogen and oxygen atoms in total. The summed E-state index contributed by atoms with van der Waals surface area (Å²) in [6, 6.07) is 0. The summed E-state index contributed by atoms with van der Waals surface area (Å²) in [5.74, 6) is 0.910. The highest BCUT2D eigenvalue weighted by molar-refractivity contribution is 4.86. The van der Waals surface area contributed by atoms with E-state index in [-0.39, 0.29) is 11.5 Å². The Morgan fingerprint density at radius 2 is 2.00 bits per heavy atom. The topological polar surface area (TPSA) is 29.5 Å². The van der Waals surface area contributed by atoms with Gasteiger partial charge in [0.15, 0.2) is 0 Å². The lowest BCUT2D eigenvalue weighted by molar-refractivity contribution is 0.0000372. The molecule has 1 atom stereocenters. The fourth-order valence-corrected chi connectivity index (χ4v) is 3.19. The van der Waals surface area contributed by atoms with Crippen molar-refractivity contribution < 1.29 is 9.84 Å². The first-order chi connectivity index (χ1) is 8.15. The van der Waals surface area contributed by atoms with Crippen LogP contribution in [0, 0.1) is 11.3 Å². The lowest BCUT2D eigenvalue weighted by Crippen LogP contribution is -2.34. The lowest BCUT2D eigenvalue weighted by atomic mass is 9.67. The smallest absolute Gasteiger partial charge is 0.0549 e. The van der Waals surface area contributed by atoms with E-state index in [2.05, 4.69) is 13.8 Å². The minimum Gasteiger partial charge on any atom is -0.396 e. The summed E-state index contributed by atoms with van der Waals surface area (Å²) in [5, 5.41) is 9.69. The molecule has 1 aliphatic carbocycles. The van der Waals surface area contributed by atoms with E-state index in [1.54, 1.807) is 7.11 Å². The molecule has 1 N–H and O–H groups in total. The van der Waals surface area contributed by atoms with Gasteiger partial charge in [0.05, 0.1) is 6.10 Å². The van der Waals surface area contributed by atoms with Crippen molar-refractivity contribution in [3.8, 4) is 0 Å². The molecule has 1 aliphatic rings. The molecule has 0 heterocycles. The molecule has 0 bridgehead atoms. The highest BCUT2D eigenvalue weighted by Crippen LogP contribution is 2.43. The molecule has 0 amide bonds. The van der Waals surface area contributed by atoms with E-state index in [1.165, 1.54) is 44.9 Å². The maximum absolute atomic E-state index is 9.69. The van der Waals surface area contributed by atoms with Crippen LogP contribution in [0.15, 0.2) is 0 Å². The molecule has 0 saturated heterocycles. The molecule has 0 aromatic carbocycles. The zero-order valence-electron chi connectivity index (χ0n) is 11.9. The van der Waals surface area contributed by atoms with E-state index in [9.17, 15) is 5.11 Å². The van der Waals surface area contributed by atoms with Crippen molar-refractivity contribution in [3.05, 3.63) is 0 Å². The van der Waals surface area contributed by atoms with Gasteiger partial charge in [-0.25, -0.2) is 0 Å². The number of aliphatic hydroxyl groups is 1. The van der Waals surface area contributed by atoms with Gasteiger partial charge in [0.25, 0.3) is 0 Å². The summed E-state index contributed by atoms with van der Waals surface area (Å²) in [6.07, 6.45) is 10.3. The standard InChI is InChI=1S/C15H30O2/c1-4-5-6-14-7-9-15(12-16,10-8-14)11-13(2)17-3/h13-14,16H,4-12H2,1-3H3. The highest BCUT2D eigenvalue weighted by Gasteiger charge is 2.35. The van der Waals surface area contributed by atoms with E-state index in [1.807, 2.05) is 0 Å². The normalized spacial score (nSPS) is 31.4. The van der Waals surface area contributed by atoms with Crippen LogP contribution in [0.1, 0.15) is 65.2 Å². The van der Waals surface area contributed by atoms with E-state index in [0.717, 1.165) is 12.3 Å². The minimum atomic E-state index is 0.151. The van der Waals surface area contributed by atoms with Crippen molar-refractivity contribution in [1.29, 1.82) is 0 Å². The Kier molecular flexibility index (Phi) is 6.50. The lowest BCUT2D eigenvalue weighted by Gasteiger charge is -2.40. The average Bonchev–Trinajstić information content (AvgIpc) is 2.38. The molecule has 1 fully saturated rings. The molecule has 0 aromatic rings. The molecule has 0 radical (unpaired) electrons. The third-order valence-electron chi connectivity index (χ3n) is 4.59. The second-order valence-electron chi connectivity index (χ2n) is 5.99. The average molecular weight is 242 g/mol. The van der Waals surface area contributed by atoms with Crippen LogP contribution in [0.4, 0.5) is 0 Å². The van der Waals surface area contributed by atoms with E-state index >= 15 is 0 Å². The number of hydrogen-bond acceptors (Lipinski definition) is 2. The molecule has 0 aliphatic heterocycles. The Balaban J connectivity index is 2.39. The Labute approximate surface area is 107 Å². The van der Waals surface area contributed by atoms with Crippen LogP contribution in [0.3, 0.4) is 0 Å². The summed E-state index contributed by atoms with van der Waals surface area (Å²) in [6.45, 7) is 4.71. The van der Waals surface area contributed by atoms with Crippen LogP contribution >= 0.6 is 0 Å². The maximum Gasteiger partial charge on any atom is 0.0549 e. The van der Waals surface area contributed by atoms with E-state index < -0.39 is 0 Å². The zero-order chi connectivity index (χ0) is 12.7. The predicted octanol–water partition coefficient (Wildman–Crippen LogP) is 3.77. The van der Waals surface area contributed by atoms with Crippen LogP contribution in [-0.4, -0.2) is 24.9 Å². The molecule has 1 saturated carbocycles. The first kappa shape index (κ1) is 15.0. The monoisotopic (exact) mass is 242 g/mol. The van der Waals surface area contributed by atoms with Gasteiger partial charge in [0.1, 0.15) is 0 Å². The SMILES string of the molecule is CCCCC1CCC(CO)(CC(C)OC)CC1. The summed E-state index contributed by atoms with van der Waals surface area (Å²) in [7, 11) is 1.77. The first-order valence-corrected chi connectivity index (χ1v) is 7.29. The largest absolute Gasteiger partial charge is 0.396 e. The molecule has 17 heavy (non-hydrogen) atoms. The van der Waals surface area contributed by atoms with Gasteiger partial charge in [0, 0.05) is 13.7 Å². The second kappa shape index (κ2) is 7.38. The summed E-state index contributed by atoms with van der Waals surface area (Å²) >= 11 is 0. The molecular formula is C15H30O2. The summed E-state index contributed by atoms with van der Waals surface area (Å²) < 4.78 is 5.36. The van der Waals surface area contributed by atoms with Crippen molar-refractivity contribution in [2.24, 2.45) is 11.3 Å². The molecule has 1 rings (SSSR count). The van der Waals surface area contributed by atoms with Crippen LogP contribution in [0.25, 0.3) is 0 Å². The number of unbranched alkanes of at least 4 members (excludes halogenated alkanes) is 1. The van der Waals surface area contributed by atoms with E-state index in [0.29, 0.717) is 6.61 Å². The fraction of sp³-hybridized carbons (Fsp3) is 1.00. The van der Waals surface area contributed by atoms with Crippen LogP contribution in [0.5, 0.6) is 0 Å². The Morgan fingerprint density at radius 3 is 2.47 bits per heavy atom. The van der Waals surface area contributed by atoms with Crippen molar-refractivity contribution in [2.45, 2.75) is 71.3 Å². The number of rotatable bonds is 7. The van der Waals surface area contributed by atoms with Gasteiger partial charge in [0.2, 0.25) is 0 Å². The molecule has 0 spiro atoms. The fourth-order valence-electron chi connectivity index (χ4n) is 3.19. The van der Waals surface area contributed by atoms with Crippen molar-refractivity contribution in [1.82, 2.24) is 0 Å². The Bertz CT molecular complexity index is 195. The Hall–Kier alpha value is -0.0800. The number of aliphatic hydroxyl groups excluding tert-OH is 1. The molecule has 0 aromatic heterocycles. The van der Waals surface area contributed by atoms with Gasteiger partial charge in [-0.15, -0.1) is 0 Å². The third kappa shape index (κ3) is 4.59. The van der Waals surface area contributed by atoms with Gasteiger partial charge in [-0.1, -0.05) is 26.2 Å². The molecular weight excluding hydrogens is 212 g/mol. The predicted molar refractivity (Wildman–Crippen MR) is 72.1 cm³/mol. The van der Waals surface area contributed by atoms with Crippen molar-refractivity contribution >= 4 is 0 Å². The Morgan fingerprint density at radius 1 is 1.35 bits per heavy atom. The van der Waals surface area contributed by atoms with Gasteiger partial charge < -0.3 is 9.84 Å². The van der Waals surface area contributed by atoms with Gasteiger partial charge >= 0.3 is 0 Å². The summed E-state index contributed by atoms with van der Waals surface area (Å²) in [4.78, 5) is 0. The van der Waals surface area contributed by atoms with Crippen LogP contribution in [0.2, 0.25) is 0 Å².